The van der Waals surface area contributed by atoms with Gasteiger partial charge in [0.25, 0.3) is 10.0 Å². The van der Waals surface area contributed by atoms with E-state index in [1.807, 2.05) is 0 Å². The highest BCUT2D eigenvalue weighted by Crippen LogP contribution is 2.19. The molecule has 0 aliphatic carbocycles. The van der Waals surface area contributed by atoms with Crippen LogP contribution < -0.4 is 21.3 Å². The summed E-state index contributed by atoms with van der Waals surface area (Å²) in [6.45, 7) is 1.22. The first kappa shape index (κ1) is 17.6. The maximum Gasteiger partial charge on any atom is 0.257 e. The van der Waals surface area contributed by atoms with Crippen molar-refractivity contribution in [2.45, 2.75) is 11.3 Å². The molecule has 2 aromatic rings. The van der Waals surface area contributed by atoms with Crippen LogP contribution in [0.15, 0.2) is 45.9 Å². The molecule has 0 amide bonds. The molecular formula is C13H17BrN6O2S. The van der Waals surface area contributed by atoms with Gasteiger partial charge in [0, 0.05) is 12.7 Å². The first-order chi connectivity index (χ1) is 11.0. The highest BCUT2D eigenvalue weighted by molar-refractivity contribution is 9.10. The largest absolute Gasteiger partial charge is 0.369 e. The maximum absolute atomic E-state index is 12.1. The van der Waals surface area contributed by atoms with Crippen molar-refractivity contribution in [3.05, 3.63) is 41.0 Å². The SMILES string of the molecule is NCCCNc1nc(NNS(=O)(=O)c2ccccc2)ncc1Br. The second-order valence-electron chi connectivity index (χ2n) is 4.50. The summed E-state index contributed by atoms with van der Waals surface area (Å²) >= 11 is 3.32. The second-order valence-corrected chi connectivity index (χ2v) is 7.04. The highest BCUT2D eigenvalue weighted by Gasteiger charge is 2.13. The number of sulfonamides is 1. The number of rotatable bonds is 8. The lowest BCUT2D eigenvalue weighted by molar-refractivity contribution is 0.587. The molecule has 1 heterocycles. The molecule has 10 heteroatoms. The number of aromatic nitrogens is 2. The van der Waals surface area contributed by atoms with Crippen LogP contribution >= 0.6 is 15.9 Å². The zero-order valence-corrected chi connectivity index (χ0v) is 14.6. The molecule has 1 aromatic carbocycles. The number of nitrogens with zero attached hydrogens (tertiary/aromatic N) is 2. The van der Waals surface area contributed by atoms with Crippen molar-refractivity contribution in [2.75, 3.05) is 23.8 Å². The molecule has 23 heavy (non-hydrogen) atoms. The van der Waals surface area contributed by atoms with Gasteiger partial charge in [-0.3, -0.25) is 5.43 Å². The van der Waals surface area contributed by atoms with E-state index in [4.69, 9.17) is 5.73 Å². The fourth-order valence-corrected chi connectivity index (χ4v) is 2.82. The minimum atomic E-state index is -3.69. The molecule has 2 rings (SSSR count). The van der Waals surface area contributed by atoms with E-state index in [-0.39, 0.29) is 10.8 Å². The van der Waals surface area contributed by atoms with Crippen molar-refractivity contribution < 1.29 is 8.42 Å². The fourth-order valence-electron chi connectivity index (χ4n) is 1.63. The molecule has 5 N–H and O–H groups in total. The van der Waals surface area contributed by atoms with Gasteiger partial charge < -0.3 is 11.1 Å². The summed E-state index contributed by atoms with van der Waals surface area (Å²) in [6, 6.07) is 8.01. The highest BCUT2D eigenvalue weighted by atomic mass is 79.9. The average molecular weight is 401 g/mol. The number of hydrazine groups is 1. The molecule has 8 nitrogen and oxygen atoms in total. The van der Waals surface area contributed by atoms with E-state index in [2.05, 4.69) is 41.5 Å². The molecule has 0 unspecified atom stereocenters. The van der Waals surface area contributed by atoms with E-state index in [0.29, 0.717) is 23.4 Å². The van der Waals surface area contributed by atoms with Gasteiger partial charge in [-0.05, 0) is 41.0 Å². The summed E-state index contributed by atoms with van der Waals surface area (Å²) in [6.07, 6.45) is 2.32. The lowest BCUT2D eigenvalue weighted by Gasteiger charge is -2.11. The molecule has 0 atom stereocenters. The lowest BCUT2D eigenvalue weighted by atomic mass is 10.4. The molecule has 0 spiro atoms. The monoisotopic (exact) mass is 400 g/mol. The minimum Gasteiger partial charge on any atom is -0.369 e. The van der Waals surface area contributed by atoms with E-state index >= 15 is 0 Å². The van der Waals surface area contributed by atoms with Crippen molar-refractivity contribution in [2.24, 2.45) is 5.73 Å². The van der Waals surface area contributed by atoms with Gasteiger partial charge in [-0.1, -0.05) is 18.2 Å². The van der Waals surface area contributed by atoms with Gasteiger partial charge in [-0.25, -0.2) is 13.4 Å². The van der Waals surface area contributed by atoms with Crippen LogP contribution in [0.2, 0.25) is 0 Å². The van der Waals surface area contributed by atoms with Gasteiger partial charge in [0.05, 0.1) is 9.37 Å². The quantitative estimate of drug-likeness (QED) is 0.389. The van der Waals surface area contributed by atoms with Crippen molar-refractivity contribution >= 4 is 37.7 Å². The zero-order valence-electron chi connectivity index (χ0n) is 12.2. The predicted molar refractivity (Wildman–Crippen MR) is 92.3 cm³/mol. The van der Waals surface area contributed by atoms with Crippen LogP contribution in [0.4, 0.5) is 11.8 Å². The molecule has 0 aliphatic heterocycles. The van der Waals surface area contributed by atoms with Crippen LogP contribution in [-0.4, -0.2) is 31.5 Å². The molecule has 0 radical (unpaired) electrons. The Bertz CT molecular complexity index is 741. The number of hydrogen-bond acceptors (Lipinski definition) is 7. The van der Waals surface area contributed by atoms with Crippen LogP contribution in [0.3, 0.4) is 0 Å². The molecular weight excluding hydrogens is 384 g/mol. The molecule has 1 aromatic heterocycles. The summed E-state index contributed by atoms with van der Waals surface area (Å²) in [5.41, 5.74) is 7.93. The zero-order chi connectivity index (χ0) is 16.7. The van der Waals surface area contributed by atoms with Gasteiger partial charge in [0.2, 0.25) is 5.95 Å². The van der Waals surface area contributed by atoms with Gasteiger partial charge >= 0.3 is 0 Å². The molecule has 0 fully saturated rings. The normalized spacial score (nSPS) is 11.2. The number of anilines is 2. The van der Waals surface area contributed by atoms with Crippen LogP contribution in [0.5, 0.6) is 0 Å². The number of nitrogens with one attached hydrogen (secondary N) is 3. The summed E-state index contributed by atoms with van der Waals surface area (Å²) in [5, 5.41) is 3.09. The first-order valence-electron chi connectivity index (χ1n) is 6.82. The van der Waals surface area contributed by atoms with Crippen LogP contribution in [0.1, 0.15) is 6.42 Å². The third kappa shape index (κ3) is 5.13. The summed E-state index contributed by atoms with van der Waals surface area (Å²) in [7, 11) is -3.69. The number of hydrogen-bond donors (Lipinski definition) is 4. The molecule has 124 valence electrons. The van der Waals surface area contributed by atoms with E-state index in [9.17, 15) is 8.42 Å². The van der Waals surface area contributed by atoms with Crippen LogP contribution in [0.25, 0.3) is 0 Å². The van der Waals surface area contributed by atoms with Crippen molar-refractivity contribution in [3.63, 3.8) is 0 Å². The molecule has 0 saturated carbocycles. The molecule has 0 saturated heterocycles. The average Bonchev–Trinajstić information content (AvgIpc) is 2.56. The van der Waals surface area contributed by atoms with Gasteiger partial charge in [0.1, 0.15) is 5.82 Å². The minimum absolute atomic E-state index is 0.128. The van der Waals surface area contributed by atoms with E-state index in [0.717, 1.165) is 6.42 Å². The Labute approximate surface area is 143 Å². The molecule has 0 aliphatic rings. The van der Waals surface area contributed by atoms with Crippen molar-refractivity contribution in [3.8, 4) is 0 Å². The third-order valence-corrected chi connectivity index (χ3v) is 4.61. The summed E-state index contributed by atoms with van der Waals surface area (Å²) < 4.78 is 24.9. The Morgan fingerprint density at radius 2 is 1.96 bits per heavy atom. The Kier molecular flexibility index (Phi) is 6.28. The van der Waals surface area contributed by atoms with Crippen LogP contribution in [-0.2, 0) is 10.0 Å². The van der Waals surface area contributed by atoms with E-state index < -0.39 is 10.0 Å². The summed E-state index contributed by atoms with van der Waals surface area (Å²) in [5.74, 6) is 0.679. The topological polar surface area (TPSA) is 122 Å². The van der Waals surface area contributed by atoms with Gasteiger partial charge in [0.15, 0.2) is 0 Å². The standard InChI is InChI=1S/C13H17BrN6O2S/c14-11-9-17-13(18-12(11)16-8-4-7-15)19-20-23(21,22)10-5-2-1-3-6-10/h1-3,5-6,9,20H,4,7-8,15H2,(H2,16,17,18,19). The van der Waals surface area contributed by atoms with Gasteiger partial charge in [-0.2, -0.15) is 4.98 Å². The Balaban J connectivity index is 2.04. The fraction of sp³-hybridized carbons (Fsp3) is 0.231. The number of halogens is 1. The third-order valence-electron chi connectivity index (χ3n) is 2.77. The maximum atomic E-state index is 12.1. The van der Waals surface area contributed by atoms with E-state index in [1.165, 1.54) is 18.3 Å². The van der Waals surface area contributed by atoms with Crippen LogP contribution in [0, 0.1) is 0 Å². The second kappa shape index (κ2) is 8.20. The lowest BCUT2D eigenvalue weighted by Crippen LogP contribution is -2.30. The Morgan fingerprint density at radius 1 is 1.22 bits per heavy atom. The van der Waals surface area contributed by atoms with Crippen molar-refractivity contribution in [1.29, 1.82) is 0 Å². The Hall–Kier alpha value is -1.75. The Morgan fingerprint density at radius 3 is 2.65 bits per heavy atom. The smallest absolute Gasteiger partial charge is 0.257 e. The summed E-state index contributed by atoms with van der Waals surface area (Å²) in [4.78, 5) is 10.6. The van der Waals surface area contributed by atoms with Crippen molar-refractivity contribution in [1.82, 2.24) is 14.8 Å². The number of nitrogens with two attached hydrogens (primary N) is 1. The predicted octanol–water partition coefficient (Wildman–Crippen LogP) is 1.31. The molecule has 0 bridgehead atoms. The van der Waals surface area contributed by atoms with Gasteiger partial charge in [-0.15, -0.1) is 4.83 Å². The number of benzene rings is 1. The van der Waals surface area contributed by atoms with E-state index in [1.54, 1.807) is 18.2 Å². The first-order valence-corrected chi connectivity index (χ1v) is 9.10.